The lowest BCUT2D eigenvalue weighted by Gasteiger charge is -2.12. The van der Waals surface area contributed by atoms with Gasteiger partial charge in [0.15, 0.2) is 0 Å². The third-order valence-electron chi connectivity index (χ3n) is 5.14. The molecule has 0 spiro atoms. The van der Waals surface area contributed by atoms with Gasteiger partial charge in [-0.2, -0.15) is 0 Å². The first-order valence-electron chi connectivity index (χ1n) is 9.82. The lowest BCUT2D eigenvalue weighted by atomic mass is 10.1. The Kier molecular flexibility index (Phi) is 6.04. The monoisotopic (exact) mass is 380 g/mol. The van der Waals surface area contributed by atoms with Crippen molar-refractivity contribution in [3.63, 3.8) is 0 Å². The summed E-state index contributed by atoms with van der Waals surface area (Å²) in [5, 5.41) is 1.23. The van der Waals surface area contributed by atoms with Gasteiger partial charge < -0.3 is 9.55 Å². The van der Waals surface area contributed by atoms with E-state index in [4.69, 9.17) is 0 Å². The second-order valence-electron chi connectivity index (χ2n) is 6.82. The first-order chi connectivity index (χ1) is 14.1. The van der Waals surface area contributed by atoms with Gasteiger partial charge in [0.05, 0.1) is 11.4 Å². The van der Waals surface area contributed by atoms with Crippen molar-refractivity contribution in [2.24, 2.45) is 0 Å². The zero-order valence-electron chi connectivity index (χ0n) is 17.5. The zero-order chi connectivity index (χ0) is 21.0. The molecule has 0 saturated heterocycles. The summed E-state index contributed by atoms with van der Waals surface area (Å²) in [5.41, 5.74) is 8.66. The Balaban J connectivity index is 2.35. The van der Waals surface area contributed by atoms with Crippen LogP contribution < -0.4 is 0 Å². The third-order valence-corrected chi connectivity index (χ3v) is 5.14. The molecule has 3 aromatic rings. The minimum absolute atomic E-state index is 0.974. The van der Waals surface area contributed by atoms with E-state index < -0.39 is 0 Å². The molecule has 2 nitrogen and oxygen atoms in total. The number of para-hydroxylation sites is 1. The zero-order valence-corrected chi connectivity index (χ0v) is 17.5. The fourth-order valence-electron chi connectivity index (χ4n) is 3.81. The summed E-state index contributed by atoms with van der Waals surface area (Å²) in [4.78, 5) is 3.53. The molecule has 146 valence electrons. The minimum Gasteiger partial charge on any atom is -0.355 e. The second-order valence-corrected chi connectivity index (χ2v) is 6.82. The van der Waals surface area contributed by atoms with Gasteiger partial charge in [0, 0.05) is 33.4 Å². The number of benzene rings is 1. The highest BCUT2D eigenvalue weighted by Crippen LogP contribution is 2.33. The first kappa shape index (κ1) is 20.2. The van der Waals surface area contributed by atoms with Crippen LogP contribution in [-0.4, -0.2) is 9.55 Å². The quantitative estimate of drug-likeness (QED) is 0.403. The molecule has 0 aliphatic heterocycles. The third kappa shape index (κ3) is 3.50. The van der Waals surface area contributed by atoms with Crippen LogP contribution in [-0.2, 0) is 0 Å². The Morgan fingerprint density at radius 3 is 2.24 bits per heavy atom. The van der Waals surface area contributed by atoms with E-state index in [9.17, 15) is 0 Å². The molecule has 0 bridgehead atoms. The first-order valence-corrected chi connectivity index (χ1v) is 9.82. The summed E-state index contributed by atoms with van der Waals surface area (Å²) < 4.78 is 2.19. The largest absolute Gasteiger partial charge is 0.355 e. The lowest BCUT2D eigenvalue weighted by molar-refractivity contribution is 1.09. The maximum absolute atomic E-state index is 4.10. The van der Waals surface area contributed by atoms with E-state index in [2.05, 4.69) is 72.6 Å². The van der Waals surface area contributed by atoms with Gasteiger partial charge in [-0.1, -0.05) is 62.2 Å². The Bertz CT molecular complexity index is 1170. The summed E-state index contributed by atoms with van der Waals surface area (Å²) in [7, 11) is 0. The van der Waals surface area contributed by atoms with Crippen LogP contribution in [0.1, 0.15) is 47.6 Å². The number of hydrogen-bond acceptors (Lipinski definition) is 0. The molecule has 0 fully saturated rings. The molecule has 2 heteroatoms. The Hall–Kier alpha value is -3.52. The molecule has 0 atom stereocenters. The van der Waals surface area contributed by atoms with E-state index in [1.54, 1.807) is 0 Å². The van der Waals surface area contributed by atoms with Crippen molar-refractivity contribution in [3.05, 3.63) is 96.0 Å². The van der Waals surface area contributed by atoms with Gasteiger partial charge in [-0.05, 0) is 56.7 Å². The van der Waals surface area contributed by atoms with Crippen molar-refractivity contribution in [1.29, 1.82) is 0 Å². The number of rotatable bonds is 7. The van der Waals surface area contributed by atoms with Gasteiger partial charge in [-0.25, -0.2) is 0 Å². The van der Waals surface area contributed by atoms with E-state index in [-0.39, 0.29) is 0 Å². The fourth-order valence-corrected chi connectivity index (χ4v) is 3.81. The fraction of sp³-hybridized carbons (Fsp3) is 0.111. The van der Waals surface area contributed by atoms with Crippen LogP contribution in [0.25, 0.3) is 47.0 Å². The molecule has 29 heavy (non-hydrogen) atoms. The van der Waals surface area contributed by atoms with Crippen LogP contribution in [0.4, 0.5) is 0 Å². The number of aromatic nitrogens is 2. The second kappa shape index (κ2) is 8.66. The normalized spacial score (nSPS) is 12.3. The molecular formula is C27H28N2. The number of nitrogens with zero attached hydrogens (tertiary/aromatic N) is 1. The lowest BCUT2D eigenvalue weighted by Crippen LogP contribution is -2.00. The summed E-state index contributed by atoms with van der Waals surface area (Å²) in [6.45, 7) is 18.4. The minimum atomic E-state index is 0.974. The molecule has 0 radical (unpaired) electrons. The van der Waals surface area contributed by atoms with Gasteiger partial charge in [0.25, 0.3) is 0 Å². The van der Waals surface area contributed by atoms with Crippen molar-refractivity contribution in [3.8, 4) is 0 Å². The van der Waals surface area contributed by atoms with Crippen molar-refractivity contribution < 1.29 is 0 Å². The Labute approximate surface area is 173 Å². The van der Waals surface area contributed by atoms with E-state index in [1.165, 1.54) is 10.9 Å². The van der Waals surface area contributed by atoms with E-state index in [1.807, 2.05) is 50.3 Å². The van der Waals surface area contributed by atoms with Crippen molar-refractivity contribution in [2.75, 3.05) is 0 Å². The summed E-state index contributed by atoms with van der Waals surface area (Å²) >= 11 is 0. The van der Waals surface area contributed by atoms with Crippen molar-refractivity contribution in [1.82, 2.24) is 9.55 Å². The summed E-state index contributed by atoms with van der Waals surface area (Å²) in [6, 6.07) is 8.36. The number of hydrogen-bond donors (Lipinski definition) is 1. The molecule has 0 amide bonds. The van der Waals surface area contributed by atoms with Crippen LogP contribution in [0.2, 0.25) is 0 Å². The topological polar surface area (TPSA) is 20.7 Å². The highest BCUT2D eigenvalue weighted by Gasteiger charge is 2.18. The van der Waals surface area contributed by atoms with Gasteiger partial charge >= 0.3 is 0 Å². The molecule has 3 rings (SSSR count). The number of nitrogens with one attached hydrogen (secondary N) is 1. The maximum atomic E-state index is 4.10. The van der Waals surface area contributed by atoms with E-state index in [0.717, 1.165) is 39.4 Å². The SMILES string of the molecule is C=C/C(=C\c1[nH]c2ccccc2c1C)n1c(C=C)c(/C=C\C)c(C=C)c1/C=C\C. The number of aryl methyl sites for hydroxylation is 1. The standard InChI is InChI=1S/C27H28N2/c1-7-14-23-21(10-4)27(15-8-2)29(26(23)11-5)20(9-3)18-25-19(6)22-16-12-13-17-24(22)28-25/h7-18,28H,3-5H2,1-2,6H3/b14-7-,15-8-,20-18+. The van der Waals surface area contributed by atoms with Crippen molar-refractivity contribution >= 4 is 47.0 Å². The van der Waals surface area contributed by atoms with Gasteiger partial charge in [-0.15, -0.1) is 0 Å². The number of allylic oxidation sites excluding steroid dienone is 4. The average Bonchev–Trinajstić information content (AvgIpc) is 3.21. The Morgan fingerprint density at radius 2 is 1.66 bits per heavy atom. The Morgan fingerprint density at radius 1 is 0.931 bits per heavy atom. The van der Waals surface area contributed by atoms with Gasteiger partial charge in [-0.3, -0.25) is 0 Å². The van der Waals surface area contributed by atoms with Gasteiger partial charge in [0.2, 0.25) is 0 Å². The molecule has 2 heterocycles. The summed E-state index contributed by atoms with van der Waals surface area (Å²) in [5.74, 6) is 0. The number of aromatic amines is 1. The smallest absolute Gasteiger partial charge is 0.0537 e. The molecule has 1 N–H and O–H groups in total. The average molecular weight is 381 g/mol. The van der Waals surface area contributed by atoms with Crippen LogP contribution in [0.3, 0.4) is 0 Å². The predicted molar refractivity (Wildman–Crippen MR) is 131 cm³/mol. The number of fused-ring (bicyclic) bond motifs is 1. The molecular weight excluding hydrogens is 352 g/mol. The highest BCUT2D eigenvalue weighted by molar-refractivity contribution is 5.91. The van der Waals surface area contributed by atoms with E-state index in [0.29, 0.717) is 0 Å². The molecule has 2 aromatic heterocycles. The van der Waals surface area contributed by atoms with Crippen LogP contribution in [0, 0.1) is 6.92 Å². The highest BCUT2D eigenvalue weighted by atomic mass is 15.0. The molecule has 0 aliphatic rings. The van der Waals surface area contributed by atoms with Gasteiger partial charge in [0.1, 0.15) is 0 Å². The van der Waals surface area contributed by atoms with Crippen LogP contribution in [0.5, 0.6) is 0 Å². The predicted octanol–water partition coefficient (Wildman–Crippen LogP) is 7.81. The summed E-state index contributed by atoms with van der Waals surface area (Å²) in [6.07, 6.45) is 16.1. The molecule has 1 aromatic carbocycles. The van der Waals surface area contributed by atoms with E-state index >= 15 is 0 Å². The number of H-pyrrole nitrogens is 1. The van der Waals surface area contributed by atoms with Crippen LogP contribution in [0.15, 0.2) is 62.2 Å². The molecule has 0 unspecified atom stereocenters. The van der Waals surface area contributed by atoms with Crippen molar-refractivity contribution in [2.45, 2.75) is 20.8 Å². The maximum Gasteiger partial charge on any atom is 0.0537 e. The molecule has 0 aliphatic carbocycles. The molecule has 0 saturated carbocycles. The van der Waals surface area contributed by atoms with Crippen LogP contribution >= 0.6 is 0 Å².